The number of hydrogen-bond donors (Lipinski definition) is 1. The third-order valence-corrected chi connectivity index (χ3v) is 5.26. The summed E-state index contributed by atoms with van der Waals surface area (Å²) in [5.41, 5.74) is 2.44. The fourth-order valence-corrected chi connectivity index (χ4v) is 3.78. The predicted molar refractivity (Wildman–Crippen MR) is 110 cm³/mol. The maximum Gasteiger partial charge on any atom is 0.251 e. The van der Waals surface area contributed by atoms with Gasteiger partial charge >= 0.3 is 0 Å². The Hall–Kier alpha value is -3.19. The average molecular weight is 392 g/mol. The predicted octanol–water partition coefficient (Wildman–Crippen LogP) is 2.84. The fourth-order valence-electron chi connectivity index (χ4n) is 3.78. The number of H-pyrrole nitrogens is 1. The van der Waals surface area contributed by atoms with Crippen molar-refractivity contribution in [2.45, 2.75) is 18.9 Å². The van der Waals surface area contributed by atoms with Crippen molar-refractivity contribution in [2.24, 2.45) is 0 Å². The molecule has 0 amide bonds. The summed E-state index contributed by atoms with van der Waals surface area (Å²) in [6, 6.07) is 11.1. The van der Waals surface area contributed by atoms with E-state index in [-0.39, 0.29) is 11.5 Å². The zero-order chi connectivity index (χ0) is 20.2. The van der Waals surface area contributed by atoms with Crippen LogP contribution in [0, 0.1) is 0 Å². The number of nitrogens with one attached hydrogen (secondary N) is 1. The van der Waals surface area contributed by atoms with E-state index in [0.717, 1.165) is 54.5 Å². The van der Waals surface area contributed by atoms with Crippen molar-refractivity contribution in [1.29, 1.82) is 0 Å². The molecule has 0 saturated carbocycles. The van der Waals surface area contributed by atoms with Gasteiger partial charge in [0, 0.05) is 48.6 Å². The molecule has 150 valence electrons. The lowest BCUT2D eigenvalue weighted by Crippen LogP contribution is -2.21. The van der Waals surface area contributed by atoms with E-state index >= 15 is 0 Å². The fraction of sp³-hybridized carbons (Fsp3) is 0.318. The summed E-state index contributed by atoms with van der Waals surface area (Å²) < 4.78 is 10.8. The third-order valence-electron chi connectivity index (χ3n) is 5.26. The summed E-state index contributed by atoms with van der Waals surface area (Å²) in [4.78, 5) is 26.3. The molecule has 1 fully saturated rings. The summed E-state index contributed by atoms with van der Waals surface area (Å²) in [5.74, 6) is 2.57. The zero-order valence-electron chi connectivity index (χ0n) is 16.6. The van der Waals surface area contributed by atoms with Crippen LogP contribution in [0.2, 0.25) is 0 Å². The number of methoxy groups -OCH3 is 2. The number of rotatable bonds is 6. The Bertz CT molecular complexity index is 1040. The second kappa shape index (κ2) is 8.45. The molecule has 1 aliphatic rings. The lowest BCUT2D eigenvalue weighted by Gasteiger charge is -2.18. The first kappa shape index (κ1) is 19.1. The van der Waals surface area contributed by atoms with Gasteiger partial charge < -0.3 is 14.5 Å². The number of pyridine rings is 1. The molecule has 0 radical (unpaired) electrons. The summed E-state index contributed by atoms with van der Waals surface area (Å²) in [7, 11) is 3.34. The highest BCUT2D eigenvalue weighted by atomic mass is 16.5. The normalized spacial score (nSPS) is 16.7. The molecule has 0 spiro atoms. The van der Waals surface area contributed by atoms with E-state index in [2.05, 4.69) is 14.9 Å². The molecule has 1 N–H and O–H groups in total. The molecule has 2 aromatic heterocycles. The molecular formula is C22H24N4O3. The quantitative estimate of drug-likeness (QED) is 0.695. The zero-order valence-corrected chi connectivity index (χ0v) is 16.6. The van der Waals surface area contributed by atoms with E-state index in [1.807, 2.05) is 30.3 Å². The van der Waals surface area contributed by atoms with Crippen molar-refractivity contribution in [3.8, 4) is 22.8 Å². The highest BCUT2D eigenvalue weighted by molar-refractivity contribution is 5.57. The number of likely N-dealkylation sites (tertiary alicyclic amines) is 1. The van der Waals surface area contributed by atoms with Crippen LogP contribution in [-0.4, -0.2) is 47.2 Å². The molecule has 1 atom stereocenters. The Morgan fingerprint density at radius 3 is 2.86 bits per heavy atom. The molecule has 1 aromatic carbocycles. The molecule has 3 aromatic rings. The van der Waals surface area contributed by atoms with Gasteiger partial charge in [-0.15, -0.1) is 0 Å². The second-order valence-electron chi connectivity index (χ2n) is 7.16. The topological polar surface area (TPSA) is 80.3 Å². The molecule has 29 heavy (non-hydrogen) atoms. The number of aromatic amines is 1. The van der Waals surface area contributed by atoms with Gasteiger partial charge in [0.1, 0.15) is 17.3 Å². The van der Waals surface area contributed by atoms with Crippen molar-refractivity contribution in [2.75, 3.05) is 27.3 Å². The minimum atomic E-state index is -0.137. The Morgan fingerprint density at radius 2 is 2.10 bits per heavy atom. The van der Waals surface area contributed by atoms with Crippen LogP contribution in [0.3, 0.4) is 0 Å². The Kier molecular flexibility index (Phi) is 5.57. The van der Waals surface area contributed by atoms with Crippen LogP contribution in [0.25, 0.3) is 11.3 Å². The van der Waals surface area contributed by atoms with E-state index in [0.29, 0.717) is 5.69 Å². The van der Waals surface area contributed by atoms with Crippen LogP contribution in [0.4, 0.5) is 0 Å². The first-order chi connectivity index (χ1) is 14.2. The molecule has 7 nitrogen and oxygen atoms in total. The standard InChI is InChI=1S/C22H24N4O3/c1-28-18-5-6-20(29-2)17(10-18)14-26-9-7-16(13-26)22-24-19(11-21(27)25-22)15-4-3-8-23-12-15/h3-6,8,10-12,16H,7,9,13-14H2,1-2H3,(H,24,25,27)/t16-/m1/s1. The lowest BCUT2D eigenvalue weighted by atomic mass is 10.1. The van der Waals surface area contributed by atoms with E-state index in [9.17, 15) is 4.79 Å². The maximum absolute atomic E-state index is 12.2. The van der Waals surface area contributed by atoms with Gasteiger partial charge in [0.05, 0.1) is 19.9 Å². The van der Waals surface area contributed by atoms with Crippen LogP contribution in [0.15, 0.2) is 53.6 Å². The van der Waals surface area contributed by atoms with Gasteiger partial charge in [-0.25, -0.2) is 4.98 Å². The summed E-state index contributed by atoms with van der Waals surface area (Å²) in [5, 5.41) is 0. The van der Waals surface area contributed by atoms with E-state index < -0.39 is 0 Å². The number of nitrogens with zero attached hydrogens (tertiary/aromatic N) is 3. The van der Waals surface area contributed by atoms with Gasteiger partial charge in [0.25, 0.3) is 5.56 Å². The number of hydrogen-bond acceptors (Lipinski definition) is 6. The smallest absolute Gasteiger partial charge is 0.251 e. The van der Waals surface area contributed by atoms with Gasteiger partial charge in [-0.05, 0) is 43.3 Å². The molecule has 4 rings (SSSR count). The number of aromatic nitrogens is 3. The van der Waals surface area contributed by atoms with E-state index in [4.69, 9.17) is 14.5 Å². The SMILES string of the molecule is COc1ccc(OC)c(CN2CC[C@@H](c3nc(-c4cccnc4)cc(=O)[nH]3)C2)c1. The van der Waals surface area contributed by atoms with Crippen LogP contribution < -0.4 is 15.0 Å². The van der Waals surface area contributed by atoms with E-state index in [1.165, 1.54) is 6.07 Å². The average Bonchev–Trinajstić information content (AvgIpc) is 3.22. The molecular weight excluding hydrogens is 368 g/mol. The molecule has 0 unspecified atom stereocenters. The molecule has 7 heteroatoms. The van der Waals surface area contributed by atoms with Crippen molar-refractivity contribution in [3.05, 3.63) is 70.5 Å². The summed E-state index contributed by atoms with van der Waals surface area (Å²) in [6.07, 6.45) is 4.37. The summed E-state index contributed by atoms with van der Waals surface area (Å²) >= 11 is 0. The lowest BCUT2D eigenvalue weighted by molar-refractivity contribution is 0.314. The Balaban J connectivity index is 1.52. The second-order valence-corrected chi connectivity index (χ2v) is 7.16. The highest BCUT2D eigenvalue weighted by Gasteiger charge is 2.27. The van der Waals surface area contributed by atoms with Crippen molar-refractivity contribution in [1.82, 2.24) is 19.9 Å². The molecule has 1 aliphatic heterocycles. The molecule has 0 aliphatic carbocycles. The Morgan fingerprint density at radius 1 is 1.21 bits per heavy atom. The largest absolute Gasteiger partial charge is 0.497 e. The van der Waals surface area contributed by atoms with Crippen molar-refractivity contribution in [3.63, 3.8) is 0 Å². The van der Waals surface area contributed by atoms with Crippen LogP contribution in [-0.2, 0) is 6.54 Å². The summed E-state index contributed by atoms with van der Waals surface area (Å²) in [6.45, 7) is 2.50. The van der Waals surface area contributed by atoms with Crippen molar-refractivity contribution < 1.29 is 9.47 Å². The minimum Gasteiger partial charge on any atom is -0.497 e. The first-order valence-corrected chi connectivity index (χ1v) is 9.61. The monoisotopic (exact) mass is 392 g/mol. The highest BCUT2D eigenvalue weighted by Crippen LogP contribution is 2.30. The Labute approximate surface area is 169 Å². The van der Waals surface area contributed by atoms with Gasteiger partial charge in [0.15, 0.2) is 0 Å². The van der Waals surface area contributed by atoms with Gasteiger partial charge in [0.2, 0.25) is 0 Å². The molecule has 3 heterocycles. The van der Waals surface area contributed by atoms with E-state index in [1.54, 1.807) is 26.6 Å². The molecule has 1 saturated heterocycles. The first-order valence-electron chi connectivity index (χ1n) is 9.61. The number of benzene rings is 1. The van der Waals surface area contributed by atoms with Crippen LogP contribution in [0.1, 0.15) is 23.7 Å². The minimum absolute atomic E-state index is 0.137. The van der Waals surface area contributed by atoms with Crippen molar-refractivity contribution >= 4 is 0 Å². The van der Waals surface area contributed by atoms with Crippen LogP contribution >= 0.6 is 0 Å². The molecule has 0 bridgehead atoms. The number of ether oxygens (including phenoxy) is 2. The third kappa shape index (κ3) is 4.30. The van der Waals surface area contributed by atoms with Gasteiger partial charge in [-0.3, -0.25) is 14.7 Å². The van der Waals surface area contributed by atoms with Gasteiger partial charge in [-0.2, -0.15) is 0 Å². The maximum atomic E-state index is 12.2. The van der Waals surface area contributed by atoms with Gasteiger partial charge in [-0.1, -0.05) is 0 Å². The van der Waals surface area contributed by atoms with Crippen LogP contribution in [0.5, 0.6) is 11.5 Å².